The molecule has 0 aliphatic carbocycles. The highest BCUT2D eigenvalue weighted by Crippen LogP contribution is 2.25. The van der Waals surface area contributed by atoms with Crippen LogP contribution in [-0.2, 0) is 6.42 Å². The van der Waals surface area contributed by atoms with Crippen LogP contribution >= 0.6 is 0 Å². The molecule has 20 heavy (non-hydrogen) atoms. The Morgan fingerprint density at radius 2 is 1.50 bits per heavy atom. The molecule has 1 N–H and O–H groups in total. The predicted molar refractivity (Wildman–Crippen MR) is 70.9 cm³/mol. The van der Waals surface area contributed by atoms with Gasteiger partial charge in [-0.05, 0) is 48.2 Å². The highest BCUT2D eigenvalue weighted by Gasteiger charge is 2.17. The molecule has 106 valence electrons. The molecule has 0 amide bonds. The largest absolute Gasteiger partial charge is 0.388 e. The first-order chi connectivity index (χ1) is 9.40. The fraction of sp³-hybridized carbons (Fsp3) is 0.250. The summed E-state index contributed by atoms with van der Waals surface area (Å²) in [5.41, 5.74) is 2.94. The van der Waals surface area contributed by atoms with Crippen molar-refractivity contribution in [2.45, 2.75) is 26.4 Å². The quantitative estimate of drug-likeness (QED) is 0.843. The van der Waals surface area contributed by atoms with Gasteiger partial charge in [0.15, 0.2) is 17.5 Å². The van der Waals surface area contributed by atoms with Crippen LogP contribution in [0.4, 0.5) is 13.2 Å². The number of aliphatic hydroxyl groups is 1. The maximum atomic E-state index is 13.2. The van der Waals surface area contributed by atoms with Crippen LogP contribution < -0.4 is 0 Å². The van der Waals surface area contributed by atoms with Crippen LogP contribution in [0.1, 0.15) is 28.4 Å². The Morgan fingerprint density at radius 1 is 1.00 bits per heavy atom. The van der Waals surface area contributed by atoms with E-state index in [0.29, 0.717) is 0 Å². The van der Waals surface area contributed by atoms with Crippen LogP contribution in [0, 0.1) is 31.3 Å². The summed E-state index contributed by atoms with van der Waals surface area (Å²) in [5, 5.41) is 10.1. The molecule has 4 heteroatoms. The zero-order valence-electron chi connectivity index (χ0n) is 11.3. The van der Waals surface area contributed by atoms with Crippen molar-refractivity contribution in [2.24, 2.45) is 0 Å². The van der Waals surface area contributed by atoms with Crippen LogP contribution in [0.5, 0.6) is 0 Å². The highest BCUT2D eigenvalue weighted by molar-refractivity contribution is 5.35. The lowest BCUT2D eigenvalue weighted by molar-refractivity contribution is 0.176. The zero-order chi connectivity index (χ0) is 14.9. The van der Waals surface area contributed by atoms with Gasteiger partial charge in [0, 0.05) is 6.42 Å². The molecular weight excluding hydrogens is 265 g/mol. The second-order valence-electron chi connectivity index (χ2n) is 4.89. The van der Waals surface area contributed by atoms with E-state index in [-0.39, 0.29) is 12.0 Å². The van der Waals surface area contributed by atoms with E-state index in [2.05, 4.69) is 0 Å². The first-order valence-electron chi connectivity index (χ1n) is 6.27. The number of hydrogen-bond acceptors (Lipinski definition) is 1. The Balaban J connectivity index is 2.31. The minimum Gasteiger partial charge on any atom is -0.388 e. The summed E-state index contributed by atoms with van der Waals surface area (Å²) in [4.78, 5) is 0. The molecule has 0 aromatic heterocycles. The number of aryl methyl sites for hydroxylation is 2. The van der Waals surface area contributed by atoms with E-state index in [9.17, 15) is 18.3 Å². The summed E-state index contributed by atoms with van der Waals surface area (Å²) in [6, 6.07) is 7.37. The second kappa shape index (κ2) is 5.67. The monoisotopic (exact) mass is 280 g/mol. The Labute approximate surface area is 115 Å². The SMILES string of the molecule is Cc1cccc(C)c1CC(O)c1cc(F)c(F)c(F)c1. The molecule has 0 fully saturated rings. The van der Waals surface area contributed by atoms with Gasteiger partial charge in [-0.25, -0.2) is 13.2 Å². The third-order valence-corrected chi connectivity index (χ3v) is 3.43. The fourth-order valence-corrected chi connectivity index (χ4v) is 2.25. The lowest BCUT2D eigenvalue weighted by Gasteiger charge is -2.15. The smallest absolute Gasteiger partial charge is 0.194 e. The van der Waals surface area contributed by atoms with Crippen molar-refractivity contribution in [1.29, 1.82) is 0 Å². The summed E-state index contributed by atoms with van der Waals surface area (Å²) in [6.07, 6.45) is -0.859. The van der Waals surface area contributed by atoms with Gasteiger partial charge < -0.3 is 5.11 Å². The fourth-order valence-electron chi connectivity index (χ4n) is 2.25. The maximum Gasteiger partial charge on any atom is 0.194 e. The average Bonchev–Trinajstić information content (AvgIpc) is 2.39. The molecule has 0 saturated heterocycles. The first kappa shape index (κ1) is 14.6. The van der Waals surface area contributed by atoms with Gasteiger partial charge in [0.25, 0.3) is 0 Å². The highest BCUT2D eigenvalue weighted by atomic mass is 19.2. The molecule has 0 radical (unpaired) electrons. The van der Waals surface area contributed by atoms with Crippen LogP contribution in [-0.4, -0.2) is 5.11 Å². The molecule has 2 aromatic rings. The molecule has 2 aromatic carbocycles. The Hall–Kier alpha value is -1.81. The average molecular weight is 280 g/mol. The van der Waals surface area contributed by atoms with Crippen LogP contribution in [0.25, 0.3) is 0 Å². The molecular formula is C16H15F3O. The predicted octanol–water partition coefficient (Wildman–Crippen LogP) is 4.00. The van der Waals surface area contributed by atoms with Gasteiger partial charge in [0.1, 0.15) is 0 Å². The molecule has 0 spiro atoms. The van der Waals surface area contributed by atoms with Gasteiger partial charge >= 0.3 is 0 Å². The summed E-state index contributed by atoms with van der Waals surface area (Å²) in [7, 11) is 0. The van der Waals surface area contributed by atoms with Gasteiger partial charge in [0.05, 0.1) is 6.10 Å². The van der Waals surface area contributed by atoms with Crippen molar-refractivity contribution in [3.8, 4) is 0 Å². The minimum atomic E-state index is -1.52. The van der Waals surface area contributed by atoms with E-state index >= 15 is 0 Å². The summed E-state index contributed by atoms with van der Waals surface area (Å²) >= 11 is 0. The third-order valence-electron chi connectivity index (χ3n) is 3.43. The van der Waals surface area contributed by atoms with Crippen molar-refractivity contribution in [2.75, 3.05) is 0 Å². The van der Waals surface area contributed by atoms with Crippen molar-refractivity contribution in [3.63, 3.8) is 0 Å². The summed E-state index contributed by atoms with van der Waals surface area (Å²) in [5.74, 6) is -4.10. The number of halogens is 3. The van der Waals surface area contributed by atoms with Gasteiger partial charge in [-0.15, -0.1) is 0 Å². The molecule has 0 bridgehead atoms. The molecule has 0 aliphatic heterocycles. The van der Waals surface area contributed by atoms with Crippen molar-refractivity contribution in [3.05, 3.63) is 70.0 Å². The normalized spacial score (nSPS) is 12.5. The molecule has 0 aliphatic rings. The third kappa shape index (κ3) is 2.85. The standard InChI is InChI=1S/C16H15F3O/c1-9-4-3-5-10(2)12(9)8-15(20)11-6-13(17)16(19)14(18)7-11/h3-7,15,20H,8H2,1-2H3. The lowest BCUT2D eigenvalue weighted by Crippen LogP contribution is -2.07. The van der Waals surface area contributed by atoms with Gasteiger partial charge in [-0.3, -0.25) is 0 Å². The Kier molecular flexibility index (Phi) is 4.14. The van der Waals surface area contributed by atoms with E-state index in [4.69, 9.17) is 0 Å². The van der Waals surface area contributed by atoms with Gasteiger partial charge in [-0.1, -0.05) is 18.2 Å². The van der Waals surface area contributed by atoms with E-state index in [0.717, 1.165) is 28.8 Å². The Morgan fingerprint density at radius 3 is 2.00 bits per heavy atom. The molecule has 1 unspecified atom stereocenters. The van der Waals surface area contributed by atoms with Crippen molar-refractivity contribution >= 4 is 0 Å². The number of aliphatic hydroxyl groups excluding tert-OH is 1. The van der Waals surface area contributed by atoms with E-state index in [1.165, 1.54) is 0 Å². The summed E-state index contributed by atoms with van der Waals surface area (Å²) < 4.78 is 39.2. The van der Waals surface area contributed by atoms with E-state index in [1.54, 1.807) is 0 Å². The van der Waals surface area contributed by atoms with Gasteiger partial charge in [-0.2, -0.15) is 0 Å². The minimum absolute atomic E-state index is 0.0315. The molecule has 0 saturated carbocycles. The van der Waals surface area contributed by atoms with E-state index in [1.807, 2.05) is 32.0 Å². The van der Waals surface area contributed by atoms with Gasteiger partial charge in [0.2, 0.25) is 0 Å². The van der Waals surface area contributed by atoms with E-state index < -0.39 is 23.6 Å². The van der Waals surface area contributed by atoms with Crippen LogP contribution in [0.3, 0.4) is 0 Å². The zero-order valence-corrected chi connectivity index (χ0v) is 11.3. The second-order valence-corrected chi connectivity index (χ2v) is 4.89. The number of rotatable bonds is 3. The summed E-state index contributed by atoms with van der Waals surface area (Å²) in [6.45, 7) is 3.81. The molecule has 0 heterocycles. The first-order valence-corrected chi connectivity index (χ1v) is 6.27. The number of hydrogen-bond donors (Lipinski definition) is 1. The van der Waals surface area contributed by atoms with Crippen LogP contribution in [0.2, 0.25) is 0 Å². The van der Waals surface area contributed by atoms with Crippen molar-refractivity contribution in [1.82, 2.24) is 0 Å². The Bertz CT molecular complexity index is 594. The van der Waals surface area contributed by atoms with Crippen LogP contribution in [0.15, 0.2) is 30.3 Å². The molecule has 1 atom stereocenters. The lowest BCUT2D eigenvalue weighted by atomic mass is 9.94. The van der Waals surface area contributed by atoms with Crippen molar-refractivity contribution < 1.29 is 18.3 Å². The molecule has 1 nitrogen and oxygen atoms in total. The number of benzene rings is 2. The molecule has 2 rings (SSSR count). The maximum absolute atomic E-state index is 13.2. The topological polar surface area (TPSA) is 20.2 Å².